The van der Waals surface area contributed by atoms with Crippen molar-refractivity contribution in [3.63, 3.8) is 0 Å². The molecule has 0 aliphatic rings. The Morgan fingerprint density at radius 1 is 1.20 bits per heavy atom. The molecule has 1 rings (SSSR count). The fraction of sp³-hybridized carbons (Fsp3) is 0.333. The molecule has 0 spiro atoms. The lowest BCUT2D eigenvalue weighted by Crippen LogP contribution is -2.22. The maximum absolute atomic E-state index is 9.62. The molecule has 0 aliphatic heterocycles. The molecule has 5 N–H and O–H groups in total. The van der Waals surface area contributed by atoms with Crippen molar-refractivity contribution in [2.24, 2.45) is 0 Å². The molecule has 0 heterocycles. The molecule has 0 amide bonds. The number of halogens is 2. The molecular weight excluding hydrogens is 241 g/mol. The third-order valence-corrected chi connectivity index (χ3v) is 2.57. The lowest BCUT2D eigenvalue weighted by Gasteiger charge is -2.18. The van der Waals surface area contributed by atoms with Crippen LogP contribution >= 0.6 is 23.2 Å². The molecule has 0 saturated carbocycles. The van der Waals surface area contributed by atoms with Gasteiger partial charge in [-0.15, -0.1) is 0 Å². The summed E-state index contributed by atoms with van der Waals surface area (Å²) in [5, 5.41) is 27.9. The number of aliphatic hydroxyl groups is 3. The van der Waals surface area contributed by atoms with E-state index in [1.165, 1.54) is 12.1 Å². The Bertz CT molecular complexity index is 336. The predicted octanol–water partition coefficient (Wildman–Crippen LogP) is 0.962. The molecule has 1 aromatic carbocycles. The smallest absolute Gasteiger partial charge is 0.110 e. The van der Waals surface area contributed by atoms with E-state index < -0.39 is 18.8 Å². The number of hydrogen-bond acceptors (Lipinski definition) is 4. The highest BCUT2D eigenvalue weighted by molar-refractivity contribution is 6.36. The second kappa shape index (κ2) is 5.01. The van der Waals surface area contributed by atoms with Crippen LogP contribution in [0.4, 0.5) is 5.69 Å². The molecule has 6 heteroatoms. The number of rotatable bonds is 3. The van der Waals surface area contributed by atoms with E-state index in [1.807, 2.05) is 0 Å². The van der Waals surface area contributed by atoms with Crippen molar-refractivity contribution >= 4 is 28.9 Å². The Balaban J connectivity index is 3.13. The lowest BCUT2D eigenvalue weighted by atomic mass is 10.0. The van der Waals surface area contributed by atoms with Crippen LogP contribution in [0.1, 0.15) is 11.7 Å². The Morgan fingerprint density at radius 3 is 2.07 bits per heavy atom. The molecule has 15 heavy (non-hydrogen) atoms. The van der Waals surface area contributed by atoms with Crippen LogP contribution in [-0.2, 0) is 0 Å². The summed E-state index contributed by atoms with van der Waals surface area (Å²) in [6.45, 7) is -0.585. The molecule has 0 radical (unpaired) electrons. The van der Waals surface area contributed by atoms with Crippen molar-refractivity contribution in [2.75, 3.05) is 12.3 Å². The number of aliphatic hydroxyl groups excluding tert-OH is 3. The van der Waals surface area contributed by atoms with Gasteiger partial charge in [-0.25, -0.2) is 0 Å². The first kappa shape index (κ1) is 12.5. The van der Waals surface area contributed by atoms with Gasteiger partial charge in [0.2, 0.25) is 0 Å². The molecule has 0 saturated heterocycles. The summed E-state index contributed by atoms with van der Waals surface area (Å²) in [4.78, 5) is 0. The maximum Gasteiger partial charge on any atom is 0.110 e. The average Bonchev–Trinajstić information content (AvgIpc) is 2.14. The highest BCUT2D eigenvalue weighted by Crippen LogP contribution is 2.34. The number of benzene rings is 1. The van der Waals surface area contributed by atoms with Gasteiger partial charge in [-0.3, -0.25) is 0 Å². The van der Waals surface area contributed by atoms with Crippen molar-refractivity contribution in [1.29, 1.82) is 0 Å². The van der Waals surface area contributed by atoms with Gasteiger partial charge in [0.1, 0.15) is 12.2 Å². The summed E-state index contributed by atoms with van der Waals surface area (Å²) in [5.41, 5.74) is 6.00. The molecule has 0 aromatic heterocycles. The van der Waals surface area contributed by atoms with Crippen LogP contribution in [-0.4, -0.2) is 28.0 Å². The van der Waals surface area contributed by atoms with E-state index in [0.717, 1.165) is 0 Å². The summed E-state index contributed by atoms with van der Waals surface area (Å²) < 4.78 is 0. The van der Waals surface area contributed by atoms with Crippen LogP contribution in [0.3, 0.4) is 0 Å². The minimum Gasteiger partial charge on any atom is -0.399 e. The zero-order valence-electron chi connectivity index (χ0n) is 7.69. The Hall–Kier alpha value is -0.520. The first-order valence-electron chi connectivity index (χ1n) is 4.18. The zero-order valence-corrected chi connectivity index (χ0v) is 9.20. The fourth-order valence-electron chi connectivity index (χ4n) is 1.18. The highest BCUT2D eigenvalue weighted by Gasteiger charge is 2.23. The maximum atomic E-state index is 9.62. The average molecular weight is 252 g/mol. The van der Waals surface area contributed by atoms with Gasteiger partial charge in [0.05, 0.1) is 6.61 Å². The van der Waals surface area contributed by atoms with Gasteiger partial charge in [-0.05, 0) is 12.1 Å². The van der Waals surface area contributed by atoms with Crippen LogP contribution in [0.2, 0.25) is 10.0 Å². The third kappa shape index (κ3) is 2.74. The van der Waals surface area contributed by atoms with E-state index in [4.69, 9.17) is 34.0 Å². The van der Waals surface area contributed by atoms with Gasteiger partial charge in [-0.1, -0.05) is 23.2 Å². The Morgan fingerprint density at radius 2 is 1.67 bits per heavy atom. The van der Waals surface area contributed by atoms with Crippen molar-refractivity contribution < 1.29 is 15.3 Å². The quantitative estimate of drug-likeness (QED) is 0.603. The molecule has 2 unspecified atom stereocenters. The van der Waals surface area contributed by atoms with Gasteiger partial charge >= 0.3 is 0 Å². The van der Waals surface area contributed by atoms with E-state index in [0.29, 0.717) is 5.69 Å². The van der Waals surface area contributed by atoms with Crippen LogP contribution in [0.5, 0.6) is 0 Å². The topological polar surface area (TPSA) is 86.7 Å². The molecule has 0 aliphatic carbocycles. The van der Waals surface area contributed by atoms with Crippen molar-refractivity contribution in [1.82, 2.24) is 0 Å². The van der Waals surface area contributed by atoms with E-state index in [-0.39, 0.29) is 15.6 Å². The molecular formula is C9H11Cl2NO3. The minimum atomic E-state index is -1.34. The summed E-state index contributed by atoms with van der Waals surface area (Å²) in [6.07, 6.45) is -2.67. The number of nitrogens with two attached hydrogens (primary N) is 1. The first-order chi connectivity index (χ1) is 6.97. The van der Waals surface area contributed by atoms with E-state index in [2.05, 4.69) is 0 Å². The summed E-state index contributed by atoms with van der Waals surface area (Å²) in [6, 6.07) is 2.83. The standard InChI is InChI=1S/C9H11Cl2NO3/c10-5-1-4(12)2-6(11)8(5)9(15)7(14)3-13/h1-2,7,9,13-15H,3,12H2. The summed E-state index contributed by atoms with van der Waals surface area (Å²) in [7, 11) is 0. The Kier molecular flexibility index (Phi) is 4.19. The summed E-state index contributed by atoms with van der Waals surface area (Å²) >= 11 is 11.6. The number of hydrogen-bond donors (Lipinski definition) is 4. The van der Waals surface area contributed by atoms with Crippen molar-refractivity contribution in [3.8, 4) is 0 Å². The normalized spacial score (nSPS) is 15.0. The van der Waals surface area contributed by atoms with Gasteiger partial charge in [0, 0.05) is 21.3 Å². The van der Waals surface area contributed by atoms with Crippen molar-refractivity contribution in [3.05, 3.63) is 27.7 Å². The van der Waals surface area contributed by atoms with Crippen LogP contribution in [0.25, 0.3) is 0 Å². The van der Waals surface area contributed by atoms with Gasteiger partial charge in [-0.2, -0.15) is 0 Å². The highest BCUT2D eigenvalue weighted by atomic mass is 35.5. The molecule has 0 fully saturated rings. The van der Waals surface area contributed by atoms with Crippen LogP contribution < -0.4 is 5.73 Å². The number of anilines is 1. The zero-order chi connectivity index (χ0) is 11.6. The predicted molar refractivity (Wildman–Crippen MR) is 58.9 cm³/mol. The monoisotopic (exact) mass is 251 g/mol. The molecule has 0 bridgehead atoms. The lowest BCUT2D eigenvalue weighted by molar-refractivity contribution is -0.0151. The summed E-state index contributed by atoms with van der Waals surface area (Å²) in [5.74, 6) is 0. The minimum absolute atomic E-state index is 0.153. The second-order valence-electron chi connectivity index (χ2n) is 3.09. The van der Waals surface area contributed by atoms with E-state index >= 15 is 0 Å². The first-order valence-corrected chi connectivity index (χ1v) is 4.94. The fourth-order valence-corrected chi connectivity index (χ4v) is 1.91. The van der Waals surface area contributed by atoms with E-state index in [1.54, 1.807) is 0 Å². The van der Waals surface area contributed by atoms with Gasteiger partial charge < -0.3 is 21.1 Å². The van der Waals surface area contributed by atoms with Gasteiger partial charge in [0.25, 0.3) is 0 Å². The second-order valence-corrected chi connectivity index (χ2v) is 3.91. The Labute approximate surface area is 96.9 Å². The third-order valence-electron chi connectivity index (χ3n) is 1.95. The number of nitrogen functional groups attached to an aromatic ring is 1. The largest absolute Gasteiger partial charge is 0.399 e. The molecule has 4 nitrogen and oxygen atoms in total. The molecule has 84 valence electrons. The van der Waals surface area contributed by atoms with Crippen molar-refractivity contribution in [2.45, 2.75) is 12.2 Å². The van der Waals surface area contributed by atoms with E-state index in [9.17, 15) is 10.2 Å². The molecule has 2 atom stereocenters. The van der Waals surface area contributed by atoms with Gasteiger partial charge in [0.15, 0.2) is 0 Å². The van der Waals surface area contributed by atoms with Crippen LogP contribution in [0.15, 0.2) is 12.1 Å². The SMILES string of the molecule is Nc1cc(Cl)c(C(O)C(O)CO)c(Cl)c1. The molecule has 1 aromatic rings. The van der Waals surface area contributed by atoms with Crippen LogP contribution in [0, 0.1) is 0 Å².